The molecule has 0 bridgehead atoms. The van der Waals surface area contributed by atoms with E-state index in [-0.39, 0.29) is 17.9 Å². The quantitative estimate of drug-likeness (QED) is 0.783. The molecule has 1 fully saturated rings. The van der Waals surface area contributed by atoms with Crippen LogP contribution in [0.15, 0.2) is 6.07 Å². The molecule has 0 unspecified atom stereocenters. The zero-order valence-electron chi connectivity index (χ0n) is 10.4. The molecular formula is C12H19N3O2. The van der Waals surface area contributed by atoms with Gasteiger partial charge in [-0.25, -0.2) is 0 Å². The highest BCUT2D eigenvalue weighted by Crippen LogP contribution is 2.44. The van der Waals surface area contributed by atoms with Gasteiger partial charge >= 0.3 is 0 Å². The van der Waals surface area contributed by atoms with Crippen LogP contribution in [0, 0.1) is 5.41 Å². The van der Waals surface area contributed by atoms with Gasteiger partial charge in [0, 0.05) is 19.0 Å². The average Bonchev–Trinajstić information content (AvgIpc) is 3.03. The third-order valence-electron chi connectivity index (χ3n) is 3.44. The molecule has 94 valence electrons. The fourth-order valence-corrected chi connectivity index (χ4v) is 1.84. The number of aliphatic hydroxyl groups excluding tert-OH is 1. The van der Waals surface area contributed by atoms with Gasteiger partial charge in [0.15, 0.2) is 0 Å². The summed E-state index contributed by atoms with van der Waals surface area (Å²) < 4.78 is 1.60. The standard InChI is InChI=1S/C12H19N3O2/c1-3-9-6-10(15(2)14-9)11(17)13-7-12(8-16)4-5-12/h6,16H,3-5,7-8H2,1-2H3,(H,13,17). The monoisotopic (exact) mass is 237 g/mol. The Balaban J connectivity index is 1.97. The van der Waals surface area contributed by atoms with Crippen molar-refractivity contribution >= 4 is 5.91 Å². The topological polar surface area (TPSA) is 67.2 Å². The molecule has 1 saturated carbocycles. The number of hydrogen-bond donors (Lipinski definition) is 2. The summed E-state index contributed by atoms with van der Waals surface area (Å²) in [7, 11) is 1.77. The van der Waals surface area contributed by atoms with Crippen molar-refractivity contribution in [3.05, 3.63) is 17.5 Å². The number of nitrogens with one attached hydrogen (secondary N) is 1. The molecule has 0 aliphatic heterocycles. The Morgan fingerprint density at radius 1 is 1.65 bits per heavy atom. The van der Waals surface area contributed by atoms with Crippen LogP contribution in [0.1, 0.15) is 35.9 Å². The molecule has 0 aromatic carbocycles. The van der Waals surface area contributed by atoms with Crippen LogP contribution in [0.25, 0.3) is 0 Å². The van der Waals surface area contributed by atoms with E-state index >= 15 is 0 Å². The third kappa shape index (κ3) is 2.49. The number of aryl methyl sites for hydroxylation is 2. The zero-order chi connectivity index (χ0) is 12.5. The number of aliphatic hydroxyl groups is 1. The van der Waals surface area contributed by atoms with Crippen LogP contribution in [-0.2, 0) is 13.5 Å². The summed E-state index contributed by atoms with van der Waals surface area (Å²) in [5.74, 6) is -0.112. The number of nitrogens with zero attached hydrogens (tertiary/aromatic N) is 2. The number of carbonyl (C=O) groups is 1. The van der Waals surface area contributed by atoms with Gasteiger partial charge < -0.3 is 10.4 Å². The first-order valence-electron chi connectivity index (χ1n) is 6.02. The van der Waals surface area contributed by atoms with Crippen LogP contribution in [0.2, 0.25) is 0 Å². The molecule has 0 spiro atoms. The van der Waals surface area contributed by atoms with Crippen LogP contribution in [-0.4, -0.2) is 33.9 Å². The zero-order valence-corrected chi connectivity index (χ0v) is 10.4. The van der Waals surface area contributed by atoms with E-state index in [0.717, 1.165) is 25.0 Å². The minimum Gasteiger partial charge on any atom is -0.396 e. The van der Waals surface area contributed by atoms with Crippen molar-refractivity contribution in [3.8, 4) is 0 Å². The average molecular weight is 237 g/mol. The van der Waals surface area contributed by atoms with E-state index < -0.39 is 0 Å². The predicted octanol–water partition coefficient (Wildman–Crippen LogP) is 0.485. The summed E-state index contributed by atoms with van der Waals surface area (Å²) in [6.07, 6.45) is 2.81. The molecule has 2 N–H and O–H groups in total. The van der Waals surface area contributed by atoms with Gasteiger partial charge in [0.25, 0.3) is 5.91 Å². The lowest BCUT2D eigenvalue weighted by Crippen LogP contribution is -2.32. The van der Waals surface area contributed by atoms with Crippen molar-refractivity contribution in [1.82, 2.24) is 15.1 Å². The SMILES string of the molecule is CCc1cc(C(=O)NCC2(CO)CC2)n(C)n1. The number of carbonyl (C=O) groups excluding carboxylic acids is 1. The Hall–Kier alpha value is -1.36. The van der Waals surface area contributed by atoms with E-state index in [1.807, 2.05) is 13.0 Å². The largest absolute Gasteiger partial charge is 0.396 e. The van der Waals surface area contributed by atoms with Crippen LogP contribution in [0.5, 0.6) is 0 Å². The molecule has 0 radical (unpaired) electrons. The number of aromatic nitrogens is 2. The second-order valence-electron chi connectivity index (χ2n) is 4.84. The van der Waals surface area contributed by atoms with Crippen molar-refractivity contribution in [2.24, 2.45) is 12.5 Å². The van der Waals surface area contributed by atoms with Crippen LogP contribution in [0.4, 0.5) is 0 Å². The highest BCUT2D eigenvalue weighted by atomic mass is 16.3. The van der Waals surface area contributed by atoms with Gasteiger partial charge in [-0.1, -0.05) is 6.92 Å². The summed E-state index contributed by atoms with van der Waals surface area (Å²) in [6.45, 7) is 2.71. The summed E-state index contributed by atoms with van der Waals surface area (Å²) >= 11 is 0. The summed E-state index contributed by atoms with van der Waals surface area (Å²) in [4.78, 5) is 11.9. The molecule has 1 aliphatic rings. The molecule has 5 nitrogen and oxygen atoms in total. The predicted molar refractivity (Wildman–Crippen MR) is 63.7 cm³/mol. The highest BCUT2D eigenvalue weighted by molar-refractivity contribution is 5.92. The van der Waals surface area contributed by atoms with Crippen molar-refractivity contribution in [2.75, 3.05) is 13.2 Å². The van der Waals surface area contributed by atoms with Gasteiger partial charge in [-0.15, -0.1) is 0 Å². The maximum Gasteiger partial charge on any atom is 0.269 e. The second-order valence-corrected chi connectivity index (χ2v) is 4.84. The highest BCUT2D eigenvalue weighted by Gasteiger charge is 2.42. The van der Waals surface area contributed by atoms with Gasteiger partial charge in [-0.2, -0.15) is 5.10 Å². The Morgan fingerprint density at radius 2 is 2.35 bits per heavy atom. The molecule has 1 aliphatic carbocycles. The van der Waals surface area contributed by atoms with E-state index in [0.29, 0.717) is 12.2 Å². The maximum absolute atomic E-state index is 11.9. The van der Waals surface area contributed by atoms with Crippen LogP contribution < -0.4 is 5.32 Å². The molecule has 0 atom stereocenters. The lowest BCUT2D eigenvalue weighted by atomic mass is 10.1. The third-order valence-corrected chi connectivity index (χ3v) is 3.44. The van der Waals surface area contributed by atoms with Crippen molar-refractivity contribution in [1.29, 1.82) is 0 Å². The van der Waals surface area contributed by atoms with Crippen molar-refractivity contribution < 1.29 is 9.90 Å². The molecule has 1 heterocycles. The molecule has 1 aromatic heterocycles. The first-order valence-corrected chi connectivity index (χ1v) is 6.02. The first kappa shape index (κ1) is 12.1. The van der Waals surface area contributed by atoms with Gasteiger partial charge in [-0.3, -0.25) is 9.48 Å². The molecule has 5 heteroatoms. The van der Waals surface area contributed by atoms with Gasteiger partial charge in [0.2, 0.25) is 0 Å². The minimum absolute atomic E-state index is 0.0537. The first-order chi connectivity index (χ1) is 8.10. The molecular weight excluding hydrogens is 218 g/mol. The summed E-state index contributed by atoms with van der Waals surface area (Å²) in [6, 6.07) is 1.81. The Morgan fingerprint density at radius 3 is 2.82 bits per heavy atom. The van der Waals surface area contributed by atoms with Crippen molar-refractivity contribution in [3.63, 3.8) is 0 Å². The van der Waals surface area contributed by atoms with E-state index in [4.69, 9.17) is 5.11 Å². The van der Waals surface area contributed by atoms with E-state index in [9.17, 15) is 4.79 Å². The van der Waals surface area contributed by atoms with Gasteiger partial charge in [0.1, 0.15) is 5.69 Å². The Bertz CT molecular complexity index is 421. The molecule has 2 rings (SSSR count). The van der Waals surface area contributed by atoms with Crippen LogP contribution >= 0.6 is 0 Å². The molecule has 0 saturated heterocycles. The minimum atomic E-state index is -0.112. The lowest BCUT2D eigenvalue weighted by molar-refractivity contribution is 0.0926. The summed E-state index contributed by atoms with van der Waals surface area (Å²) in [5, 5.41) is 16.3. The van der Waals surface area contributed by atoms with Gasteiger partial charge in [0.05, 0.1) is 12.3 Å². The van der Waals surface area contributed by atoms with E-state index in [2.05, 4.69) is 10.4 Å². The normalized spacial score (nSPS) is 16.9. The van der Waals surface area contributed by atoms with E-state index in [1.54, 1.807) is 11.7 Å². The fourth-order valence-electron chi connectivity index (χ4n) is 1.84. The Kier molecular flexibility index (Phi) is 3.19. The maximum atomic E-state index is 11.9. The van der Waals surface area contributed by atoms with Gasteiger partial charge in [-0.05, 0) is 25.3 Å². The smallest absolute Gasteiger partial charge is 0.269 e. The molecule has 1 aromatic rings. The van der Waals surface area contributed by atoms with E-state index in [1.165, 1.54) is 0 Å². The van der Waals surface area contributed by atoms with Crippen LogP contribution in [0.3, 0.4) is 0 Å². The lowest BCUT2D eigenvalue weighted by Gasteiger charge is -2.12. The number of hydrogen-bond acceptors (Lipinski definition) is 3. The molecule has 1 amide bonds. The second kappa shape index (κ2) is 4.49. The number of amides is 1. The summed E-state index contributed by atoms with van der Waals surface area (Å²) in [5.41, 5.74) is 1.44. The Labute approximate surface area is 101 Å². The fraction of sp³-hybridized carbons (Fsp3) is 0.667. The molecule has 17 heavy (non-hydrogen) atoms. The number of rotatable bonds is 5. The van der Waals surface area contributed by atoms with Crippen molar-refractivity contribution in [2.45, 2.75) is 26.2 Å².